The SMILES string of the molecule is [CH3][Ge][CH2][Si](C)C. The van der Waals surface area contributed by atoms with Crippen molar-refractivity contribution in [2.24, 2.45) is 0 Å². The van der Waals surface area contributed by atoms with Crippen LogP contribution in [0.25, 0.3) is 0 Å². The first-order valence-electron chi connectivity index (χ1n) is 2.21. The standard InChI is InChI=1S/C4H11GeSi/c1-5-4-6(2)3/h4H2,1-3H3. The average molecular weight is 160 g/mol. The molecule has 0 aromatic carbocycles. The van der Waals surface area contributed by atoms with Gasteiger partial charge in [-0.1, -0.05) is 0 Å². The topological polar surface area (TPSA) is 0 Å². The van der Waals surface area contributed by atoms with Crippen LogP contribution in [-0.2, 0) is 0 Å². The fraction of sp³-hybridized carbons (Fsp3) is 1.00. The zero-order valence-corrected chi connectivity index (χ0v) is 7.81. The van der Waals surface area contributed by atoms with Crippen molar-refractivity contribution in [2.75, 3.05) is 0 Å². The normalized spacial score (nSPS) is 10.0. The van der Waals surface area contributed by atoms with Crippen LogP contribution in [0.3, 0.4) is 0 Å². The van der Waals surface area contributed by atoms with Crippen molar-refractivity contribution in [3.8, 4) is 0 Å². The summed E-state index contributed by atoms with van der Waals surface area (Å²) < 4.78 is 0. The van der Waals surface area contributed by atoms with Gasteiger partial charge in [-0.3, -0.25) is 0 Å². The Morgan fingerprint density at radius 2 is 2.00 bits per heavy atom. The van der Waals surface area contributed by atoms with Gasteiger partial charge >= 0.3 is 48.0 Å². The Morgan fingerprint density at radius 3 is 2.00 bits per heavy atom. The maximum absolute atomic E-state index is 2.39. The molecule has 0 saturated heterocycles. The molecule has 0 aliphatic heterocycles. The van der Waals surface area contributed by atoms with E-state index in [1.807, 2.05) is 0 Å². The molecule has 0 bridgehead atoms. The fourth-order valence-electron chi connectivity index (χ4n) is 0.354. The summed E-state index contributed by atoms with van der Waals surface area (Å²) in [5.74, 6) is 2.37. The van der Waals surface area contributed by atoms with Crippen LogP contribution in [0.15, 0.2) is 0 Å². The van der Waals surface area contributed by atoms with Crippen molar-refractivity contribution in [3.63, 3.8) is 0 Å². The molecule has 0 heterocycles. The second kappa shape index (κ2) is 3.93. The van der Waals surface area contributed by atoms with Gasteiger partial charge in [0.1, 0.15) is 0 Å². The van der Waals surface area contributed by atoms with Gasteiger partial charge in [-0.05, 0) is 0 Å². The molecule has 0 nitrogen and oxygen atoms in total. The van der Waals surface area contributed by atoms with Crippen molar-refractivity contribution in [3.05, 3.63) is 0 Å². The molecule has 35 valence electrons. The van der Waals surface area contributed by atoms with Crippen LogP contribution in [0, 0.1) is 0 Å². The van der Waals surface area contributed by atoms with E-state index >= 15 is 0 Å². The summed E-state index contributed by atoms with van der Waals surface area (Å²) in [6.07, 6.45) is 0. The Morgan fingerprint density at radius 1 is 1.50 bits per heavy atom. The van der Waals surface area contributed by atoms with Gasteiger partial charge in [0.25, 0.3) is 0 Å². The van der Waals surface area contributed by atoms with E-state index in [9.17, 15) is 0 Å². The third kappa shape index (κ3) is 4.76. The number of hydrogen-bond acceptors (Lipinski definition) is 0. The monoisotopic (exact) mass is 161 g/mol. The quantitative estimate of drug-likeness (QED) is 0.536. The molecule has 6 heavy (non-hydrogen) atoms. The Labute approximate surface area is 48.4 Å². The van der Waals surface area contributed by atoms with Crippen molar-refractivity contribution in [1.29, 1.82) is 0 Å². The van der Waals surface area contributed by atoms with E-state index in [0.717, 1.165) is 0 Å². The van der Waals surface area contributed by atoms with E-state index in [0.29, 0.717) is 15.4 Å². The summed E-state index contributed by atoms with van der Waals surface area (Å²) in [7, 11) is 0.170. The van der Waals surface area contributed by atoms with Crippen LogP contribution in [0.5, 0.6) is 0 Å². The average Bonchev–Trinajstić information content (AvgIpc) is 1.35. The Hall–Kier alpha value is 0.760. The van der Waals surface area contributed by atoms with Crippen LogP contribution in [0.4, 0.5) is 0 Å². The summed E-state index contributed by atoms with van der Waals surface area (Å²) in [5, 5.41) is 0. The minimum absolute atomic E-state index is 0.170. The molecule has 0 spiro atoms. The minimum atomic E-state index is 0.170. The van der Waals surface area contributed by atoms with E-state index in [2.05, 4.69) is 18.9 Å². The molecule has 0 saturated carbocycles. The number of rotatable bonds is 2. The summed E-state index contributed by atoms with van der Waals surface area (Å²) in [5.41, 5.74) is 0. The molecule has 2 heteroatoms. The first-order chi connectivity index (χ1) is 2.77. The zero-order chi connectivity index (χ0) is 4.99. The van der Waals surface area contributed by atoms with E-state index < -0.39 is 0 Å². The third-order valence-corrected chi connectivity index (χ3v) is 8.27. The number of hydrogen-bond donors (Lipinski definition) is 0. The van der Waals surface area contributed by atoms with Crippen LogP contribution in [0.2, 0.25) is 23.7 Å². The van der Waals surface area contributed by atoms with Gasteiger partial charge in [0, 0.05) is 0 Å². The van der Waals surface area contributed by atoms with Gasteiger partial charge < -0.3 is 0 Å². The molecule has 0 fully saturated rings. The summed E-state index contributed by atoms with van der Waals surface area (Å²) >= 11 is 0.508. The molecule has 0 unspecified atom stereocenters. The molecule has 0 rings (SSSR count). The van der Waals surface area contributed by atoms with E-state index in [-0.39, 0.29) is 8.80 Å². The molecule has 3 radical (unpaired) electrons. The Kier molecular flexibility index (Phi) is 4.43. The fourth-order valence-corrected chi connectivity index (χ4v) is 5.51. The molecule has 0 aliphatic carbocycles. The van der Waals surface area contributed by atoms with Crippen LogP contribution >= 0.6 is 0 Å². The summed E-state index contributed by atoms with van der Waals surface area (Å²) in [6, 6.07) is 0. The molecule has 0 aromatic rings. The van der Waals surface area contributed by atoms with Crippen LogP contribution in [0.1, 0.15) is 0 Å². The Bertz CT molecular complexity index is 28.7. The van der Waals surface area contributed by atoms with Crippen molar-refractivity contribution in [1.82, 2.24) is 0 Å². The van der Waals surface area contributed by atoms with Gasteiger partial charge in [-0.25, -0.2) is 0 Å². The predicted molar refractivity (Wildman–Crippen MR) is 33.9 cm³/mol. The van der Waals surface area contributed by atoms with Crippen molar-refractivity contribution in [2.45, 2.75) is 23.7 Å². The molecule has 0 aliphatic rings. The summed E-state index contributed by atoms with van der Waals surface area (Å²) in [6.45, 7) is 4.77. The van der Waals surface area contributed by atoms with Crippen molar-refractivity contribution < 1.29 is 0 Å². The summed E-state index contributed by atoms with van der Waals surface area (Å²) in [4.78, 5) is 1.60. The third-order valence-electron chi connectivity index (χ3n) is 0.530. The van der Waals surface area contributed by atoms with Gasteiger partial charge in [-0.2, -0.15) is 0 Å². The molecule has 0 N–H and O–H groups in total. The molecular weight excluding hydrogens is 149 g/mol. The first-order valence-corrected chi connectivity index (χ1v) is 8.50. The predicted octanol–water partition coefficient (Wildman–Crippen LogP) is 1.45. The van der Waals surface area contributed by atoms with E-state index in [1.165, 1.54) is 0 Å². The maximum atomic E-state index is 2.39. The van der Waals surface area contributed by atoms with E-state index in [1.54, 1.807) is 4.88 Å². The zero-order valence-electron chi connectivity index (χ0n) is 4.71. The second-order valence-electron chi connectivity index (χ2n) is 1.74. The van der Waals surface area contributed by atoms with Crippen LogP contribution < -0.4 is 0 Å². The first kappa shape index (κ1) is 6.76. The van der Waals surface area contributed by atoms with Gasteiger partial charge in [0.15, 0.2) is 0 Å². The molecular formula is C4H11GeSi. The van der Waals surface area contributed by atoms with Crippen molar-refractivity contribution >= 4 is 24.2 Å². The molecule has 0 aromatic heterocycles. The second-order valence-corrected chi connectivity index (χ2v) is 8.21. The van der Waals surface area contributed by atoms with Gasteiger partial charge in [-0.15, -0.1) is 0 Å². The van der Waals surface area contributed by atoms with Gasteiger partial charge in [0.05, 0.1) is 0 Å². The molecule has 0 amide bonds. The molecule has 0 atom stereocenters. The van der Waals surface area contributed by atoms with Gasteiger partial charge in [0.2, 0.25) is 0 Å². The van der Waals surface area contributed by atoms with Crippen LogP contribution in [-0.4, -0.2) is 24.2 Å². The Balaban J connectivity index is 2.63. The van der Waals surface area contributed by atoms with E-state index in [4.69, 9.17) is 0 Å².